The molecule has 1 amide bonds. The summed E-state index contributed by atoms with van der Waals surface area (Å²) in [5.41, 5.74) is 2.38. The van der Waals surface area contributed by atoms with Crippen molar-refractivity contribution in [1.82, 2.24) is 24.8 Å². The van der Waals surface area contributed by atoms with Gasteiger partial charge in [-0.25, -0.2) is 4.98 Å². The van der Waals surface area contributed by atoms with E-state index in [1.54, 1.807) is 37.2 Å². The molecule has 0 aliphatic heterocycles. The van der Waals surface area contributed by atoms with Gasteiger partial charge in [-0.15, -0.1) is 0 Å². The van der Waals surface area contributed by atoms with Crippen LogP contribution in [0.1, 0.15) is 16.1 Å². The number of amides is 1. The highest BCUT2D eigenvalue weighted by atomic mass is 16.1. The van der Waals surface area contributed by atoms with Gasteiger partial charge in [0.15, 0.2) is 0 Å². The van der Waals surface area contributed by atoms with Crippen LogP contribution < -0.4 is 5.32 Å². The lowest BCUT2D eigenvalue weighted by atomic mass is 10.2. The fourth-order valence-electron chi connectivity index (χ4n) is 2.08. The highest BCUT2D eigenvalue weighted by molar-refractivity contribution is 5.92. The molecule has 0 saturated carbocycles. The molecule has 110 valence electrons. The van der Waals surface area contributed by atoms with Crippen molar-refractivity contribution in [1.29, 1.82) is 0 Å². The van der Waals surface area contributed by atoms with E-state index in [9.17, 15) is 4.79 Å². The molecule has 22 heavy (non-hydrogen) atoms. The van der Waals surface area contributed by atoms with Gasteiger partial charge in [0.1, 0.15) is 5.69 Å². The predicted molar refractivity (Wildman–Crippen MR) is 81.6 cm³/mol. The number of carbonyl (C=O) groups is 1. The lowest BCUT2D eigenvalue weighted by molar-refractivity contribution is 0.0949. The molecule has 3 heterocycles. The number of hydrogen-bond donors (Lipinski definition) is 1. The highest BCUT2D eigenvalue weighted by Crippen LogP contribution is 2.07. The molecule has 0 aromatic carbocycles. The summed E-state index contributed by atoms with van der Waals surface area (Å²) < 4.78 is 1.83. The first kappa shape index (κ1) is 13.9. The molecule has 3 rings (SSSR count). The third kappa shape index (κ3) is 3.35. The van der Waals surface area contributed by atoms with E-state index in [4.69, 9.17) is 0 Å². The Labute approximate surface area is 127 Å². The second-order valence-corrected chi connectivity index (χ2v) is 4.73. The normalized spacial score (nSPS) is 10.4. The Kier molecular flexibility index (Phi) is 4.20. The molecule has 0 bridgehead atoms. The van der Waals surface area contributed by atoms with Crippen LogP contribution >= 0.6 is 0 Å². The number of carbonyl (C=O) groups excluding carboxylic acids is 1. The smallest absolute Gasteiger partial charge is 0.269 e. The number of imidazole rings is 1. The quantitative estimate of drug-likeness (QED) is 0.776. The van der Waals surface area contributed by atoms with Gasteiger partial charge in [-0.3, -0.25) is 14.8 Å². The lowest BCUT2D eigenvalue weighted by Gasteiger charge is -2.07. The van der Waals surface area contributed by atoms with Gasteiger partial charge in [-0.05, 0) is 36.2 Å². The van der Waals surface area contributed by atoms with Gasteiger partial charge in [0.05, 0.1) is 12.0 Å². The number of rotatable bonds is 5. The number of pyridine rings is 2. The van der Waals surface area contributed by atoms with E-state index in [1.807, 2.05) is 29.0 Å². The van der Waals surface area contributed by atoms with Crippen LogP contribution in [0.2, 0.25) is 0 Å². The standard InChI is InChI=1S/C16H15N5O/c22-16(20-7-3-13-1-5-17-6-2-13)15-11-14(4-8-19-15)21-10-9-18-12-21/h1-2,4-6,8-12H,3,7H2,(H,20,22). The van der Waals surface area contributed by atoms with Crippen LogP contribution in [-0.2, 0) is 6.42 Å². The van der Waals surface area contributed by atoms with E-state index in [0.29, 0.717) is 12.2 Å². The monoisotopic (exact) mass is 293 g/mol. The van der Waals surface area contributed by atoms with Crippen molar-refractivity contribution < 1.29 is 4.79 Å². The molecule has 0 aliphatic rings. The second kappa shape index (κ2) is 6.62. The van der Waals surface area contributed by atoms with Gasteiger partial charge in [0, 0.05) is 37.5 Å². The van der Waals surface area contributed by atoms with Crippen molar-refractivity contribution in [3.8, 4) is 5.69 Å². The Morgan fingerprint density at radius 3 is 2.73 bits per heavy atom. The highest BCUT2D eigenvalue weighted by Gasteiger charge is 2.08. The molecular weight excluding hydrogens is 278 g/mol. The van der Waals surface area contributed by atoms with Gasteiger partial charge in [0.2, 0.25) is 0 Å². The minimum Gasteiger partial charge on any atom is -0.350 e. The Morgan fingerprint density at radius 2 is 1.95 bits per heavy atom. The van der Waals surface area contributed by atoms with Crippen LogP contribution in [-0.4, -0.2) is 32.0 Å². The van der Waals surface area contributed by atoms with E-state index >= 15 is 0 Å². The Morgan fingerprint density at radius 1 is 1.09 bits per heavy atom. The number of hydrogen-bond acceptors (Lipinski definition) is 4. The van der Waals surface area contributed by atoms with Crippen LogP contribution in [0.15, 0.2) is 61.6 Å². The average Bonchev–Trinajstić information content (AvgIpc) is 3.10. The fraction of sp³-hybridized carbons (Fsp3) is 0.125. The molecule has 0 atom stereocenters. The van der Waals surface area contributed by atoms with Crippen molar-refractivity contribution in [3.63, 3.8) is 0 Å². The zero-order valence-corrected chi connectivity index (χ0v) is 11.9. The Balaban J connectivity index is 1.62. The van der Waals surface area contributed by atoms with Crippen molar-refractivity contribution >= 4 is 5.91 Å². The van der Waals surface area contributed by atoms with Crippen LogP contribution in [0, 0.1) is 0 Å². The third-order valence-electron chi connectivity index (χ3n) is 3.23. The summed E-state index contributed by atoms with van der Waals surface area (Å²) >= 11 is 0. The maximum atomic E-state index is 12.1. The maximum Gasteiger partial charge on any atom is 0.269 e. The maximum absolute atomic E-state index is 12.1. The molecule has 0 unspecified atom stereocenters. The summed E-state index contributed by atoms with van der Waals surface area (Å²) in [6, 6.07) is 7.44. The Hall–Kier alpha value is -3.02. The molecule has 0 fully saturated rings. The molecule has 3 aromatic heterocycles. The zero-order valence-electron chi connectivity index (χ0n) is 11.9. The Bertz CT molecular complexity index is 740. The molecule has 6 nitrogen and oxygen atoms in total. The zero-order chi connectivity index (χ0) is 15.2. The van der Waals surface area contributed by atoms with Crippen LogP contribution in [0.3, 0.4) is 0 Å². The molecule has 0 saturated heterocycles. The number of nitrogens with one attached hydrogen (secondary N) is 1. The van der Waals surface area contributed by atoms with E-state index in [2.05, 4.69) is 20.3 Å². The topological polar surface area (TPSA) is 72.7 Å². The molecule has 6 heteroatoms. The second-order valence-electron chi connectivity index (χ2n) is 4.73. The summed E-state index contributed by atoms with van der Waals surface area (Å²) in [5, 5.41) is 2.87. The molecule has 1 N–H and O–H groups in total. The van der Waals surface area contributed by atoms with E-state index in [1.165, 1.54) is 0 Å². The first-order valence-electron chi connectivity index (χ1n) is 6.94. The third-order valence-corrected chi connectivity index (χ3v) is 3.23. The number of nitrogens with zero attached hydrogens (tertiary/aromatic N) is 4. The van der Waals surface area contributed by atoms with E-state index < -0.39 is 0 Å². The van der Waals surface area contributed by atoms with Gasteiger partial charge in [-0.2, -0.15) is 0 Å². The van der Waals surface area contributed by atoms with Gasteiger partial charge < -0.3 is 9.88 Å². The van der Waals surface area contributed by atoms with Crippen molar-refractivity contribution in [2.24, 2.45) is 0 Å². The fourth-order valence-corrected chi connectivity index (χ4v) is 2.08. The van der Waals surface area contributed by atoms with Crippen molar-refractivity contribution in [3.05, 3.63) is 72.8 Å². The number of aromatic nitrogens is 4. The van der Waals surface area contributed by atoms with Crippen LogP contribution in [0.25, 0.3) is 5.69 Å². The SMILES string of the molecule is O=C(NCCc1ccncc1)c1cc(-n2ccnc2)ccn1. The molecule has 0 spiro atoms. The van der Waals surface area contributed by atoms with Gasteiger partial charge >= 0.3 is 0 Å². The van der Waals surface area contributed by atoms with Crippen molar-refractivity contribution in [2.75, 3.05) is 6.54 Å². The molecule has 3 aromatic rings. The first-order chi connectivity index (χ1) is 10.8. The molecular formula is C16H15N5O. The van der Waals surface area contributed by atoms with Crippen molar-refractivity contribution in [2.45, 2.75) is 6.42 Å². The van der Waals surface area contributed by atoms with Gasteiger partial charge in [-0.1, -0.05) is 0 Å². The largest absolute Gasteiger partial charge is 0.350 e. The predicted octanol–water partition coefficient (Wildman–Crippen LogP) is 1.63. The molecule has 0 radical (unpaired) electrons. The summed E-state index contributed by atoms with van der Waals surface area (Å²) in [7, 11) is 0. The van der Waals surface area contributed by atoms with E-state index in [-0.39, 0.29) is 5.91 Å². The minimum absolute atomic E-state index is 0.184. The van der Waals surface area contributed by atoms with E-state index in [0.717, 1.165) is 17.7 Å². The average molecular weight is 293 g/mol. The molecule has 0 aliphatic carbocycles. The van der Waals surface area contributed by atoms with Gasteiger partial charge in [0.25, 0.3) is 5.91 Å². The summed E-state index contributed by atoms with van der Waals surface area (Å²) in [5.74, 6) is -0.184. The van der Waals surface area contributed by atoms with Crippen LogP contribution in [0.4, 0.5) is 0 Å². The summed E-state index contributed by atoms with van der Waals surface area (Å²) in [6.07, 6.45) is 11.1. The lowest BCUT2D eigenvalue weighted by Crippen LogP contribution is -2.26. The first-order valence-corrected chi connectivity index (χ1v) is 6.94. The minimum atomic E-state index is -0.184. The summed E-state index contributed by atoms with van der Waals surface area (Å²) in [4.78, 5) is 24.2. The summed E-state index contributed by atoms with van der Waals surface area (Å²) in [6.45, 7) is 0.555. The van der Waals surface area contributed by atoms with Crippen LogP contribution in [0.5, 0.6) is 0 Å².